The molecule has 2 rings (SSSR count). The van der Waals surface area contributed by atoms with Crippen LogP contribution in [0, 0.1) is 5.92 Å². The summed E-state index contributed by atoms with van der Waals surface area (Å²) in [5, 5.41) is 14.6. The van der Waals surface area contributed by atoms with Crippen LogP contribution in [0.5, 0.6) is 0 Å². The summed E-state index contributed by atoms with van der Waals surface area (Å²) in [7, 11) is 0. The fourth-order valence-corrected chi connectivity index (χ4v) is 2.87. The van der Waals surface area contributed by atoms with Crippen LogP contribution in [-0.2, 0) is 9.53 Å². The Hall–Kier alpha value is -1.30. The highest BCUT2D eigenvalue weighted by Crippen LogP contribution is 2.25. The van der Waals surface area contributed by atoms with Crippen LogP contribution in [0.1, 0.15) is 38.5 Å². The Morgan fingerprint density at radius 2 is 2.05 bits per heavy atom. The molecule has 0 aromatic rings. The van der Waals surface area contributed by atoms with E-state index in [9.17, 15) is 9.59 Å². The van der Waals surface area contributed by atoms with Gasteiger partial charge in [0.25, 0.3) is 0 Å². The number of urea groups is 1. The predicted molar refractivity (Wildman–Crippen MR) is 68.9 cm³/mol. The van der Waals surface area contributed by atoms with Crippen LogP contribution in [0.2, 0.25) is 0 Å². The Kier molecular flexibility index (Phi) is 5.01. The van der Waals surface area contributed by atoms with Gasteiger partial charge in [0.1, 0.15) is 0 Å². The Morgan fingerprint density at radius 1 is 1.21 bits per heavy atom. The number of carbonyl (C=O) groups is 2. The molecular weight excluding hydrogens is 248 g/mol. The zero-order valence-corrected chi connectivity index (χ0v) is 11.1. The summed E-state index contributed by atoms with van der Waals surface area (Å²) in [5.74, 6) is -1.26. The Bertz CT molecular complexity index is 329. The number of carbonyl (C=O) groups excluding carboxylic acids is 1. The third-order valence-corrected chi connectivity index (χ3v) is 3.93. The van der Waals surface area contributed by atoms with Crippen molar-refractivity contribution in [1.82, 2.24) is 10.6 Å². The average Bonchev–Trinajstić information content (AvgIpc) is 2.99. The van der Waals surface area contributed by atoms with Crippen molar-refractivity contribution in [3.63, 3.8) is 0 Å². The summed E-state index contributed by atoms with van der Waals surface area (Å²) >= 11 is 0. The van der Waals surface area contributed by atoms with Crippen LogP contribution < -0.4 is 10.6 Å². The van der Waals surface area contributed by atoms with Crippen LogP contribution in [0.3, 0.4) is 0 Å². The van der Waals surface area contributed by atoms with Crippen molar-refractivity contribution < 1.29 is 19.4 Å². The molecule has 3 unspecified atom stereocenters. The number of nitrogens with one attached hydrogen (secondary N) is 2. The van der Waals surface area contributed by atoms with E-state index in [0.29, 0.717) is 13.0 Å². The van der Waals surface area contributed by atoms with Gasteiger partial charge < -0.3 is 20.5 Å². The van der Waals surface area contributed by atoms with Gasteiger partial charge in [-0.15, -0.1) is 0 Å². The molecule has 1 saturated heterocycles. The SMILES string of the molecule is O=C(NCCC1CCCO1)NC1CCCC1C(=O)O. The maximum Gasteiger partial charge on any atom is 0.315 e. The van der Waals surface area contributed by atoms with Gasteiger partial charge in [-0.3, -0.25) is 4.79 Å². The van der Waals surface area contributed by atoms with Gasteiger partial charge in [-0.25, -0.2) is 4.79 Å². The predicted octanol–water partition coefficient (Wildman–Crippen LogP) is 1.11. The Balaban J connectivity index is 1.64. The van der Waals surface area contributed by atoms with Gasteiger partial charge in [-0.1, -0.05) is 6.42 Å². The van der Waals surface area contributed by atoms with E-state index in [0.717, 1.165) is 38.7 Å². The van der Waals surface area contributed by atoms with Crippen molar-refractivity contribution in [2.75, 3.05) is 13.2 Å². The molecule has 1 aliphatic carbocycles. The first-order chi connectivity index (χ1) is 9.16. The smallest absolute Gasteiger partial charge is 0.315 e. The Labute approximate surface area is 112 Å². The minimum absolute atomic E-state index is 0.236. The third-order valence-electron chi connectivity index (χ3n) is 3.93. The first-order valence-corrected chi connectivity index (χ1v) is 7.05. The van der Waals surface area contributed by atoms with Crippen LogP contribution in [0.25, 0.3) is 0 Å². The molecular formula is C13H22N2O4. The topological polar surface area (TPSA) is 87.7 Å². The van der Waals surface area contributed by atoms with Gasteiger partial charge >= 0.3 is 12.0 Å². The number of aliphatic carboxylic acids is 1. The van der Waals surface area contributed by atoms with Crippen LogP contribution in [0.4, 0.5) is 4.79 Å². The highest BCUT2D eigenvalue weighted by Gasteiger charge is 2.33. The molecule has 0 radical (unpaired) electrons. The fourth-order valence-electron chi connectivity index (χ4n) is 2.87. The molecule has 0 aromatic heterocycles. The monoisotopic (exact) mass is 270 g/mol. The minimum Gasteiger partial charge on any atom is -0.481 e. The van der Waals surface area contributed by atoms with E-state index in [1.54, 1.807) is 0 Å². The summed E-state index contributed by atoms with van der Waals surface area (Å²) in [6.07, 6.45) is 5.50. The van der Waals surface area contributed by atoms with Gasteiger partial charge in [0.2, 0.25) is 0 Å². The molecule has 0 spiro atoms. The second-order valence-corrected chi connectivity index (χ2v) is 5.31. The van der Waals surface area contributed by atoms with E-state index >= 15 is 0 Å². The molecule has 2 aliphatic rings. The lowest BCUT2D eigenvalue weighted by Crippen LogP contribution is -2.45. The quantitative estimate of drug-likeness (QED) is 0.698. The zero-order chi connectivity index (χ0) is 13.7. The summed E-state index contributed by atoms with van der Waals surface area (Å²) in [6.45, 7) is 1.39. The summed E-state index contributed by atoms with van der Waals surface area (Å²) in [4.78, 5) is 22.7. The molecule has 1 saturated carbocycles. The van der Waals surface area contributed by atoms with Crippen molar-refractivity contribution in [3.05, 3.63) is 0 Å². The lowest BCUT2D eigenvalue weighted by molar-refractivity contribution is -0.142. The van der Waals surface area contributed by atoms with Crippen molar-refractivity contribution in [1.29, 1.82) is 0 Å². The normalized spacial score (nSPS) is 30.2. The molecule has 6 heteroatoms. The number of hydrogen-bond acceptors (Lipinski definition) is 3. The maximum absolute atomic E-state index is 11.7. The van der Waals surface area contributed by atoms with E-state index in [2.05, 4.69) is 10.6 Å². The molecule has 0 bridgehead atoms. The zero-order valence-electron chi connectivity index (χ0n) is 11.1. The standard InChI is InChI=1S/C13H22N2O4/c16-12(17)10-4-1-5-11(10)15-13(18)14-7-6-9-3-2-8-19-9/h9-11H,1-8H2,(H,16,17)(H2,14,15,18). The van der Waals surface area contributed by atoms with E-state index in [-0.39, 0.29) is 18.2 Å². The molecule has 108 valence electrons. The van der Waals surface area contributed by atoms with Crippen LogP contribution in [-0.4, -0.2) is 42.4 Å². The minimum atomic E-state index is -0.817. The lowest BCUT2D eigenvalue weighted by atomic mass is 10.0. The molecule has 1 aliphatic heterocycles. The molecule has 0 aromatic carbocycles. The summed E-state index contributed by atoms with van der Waals surface area (Å²) in [5.41, 5.74) is 0. The van der Waals surface area contributed by atoms with Gasteiger partial charge in [-0.05, 0) is 32.1 Å². The Morgan fingerprint density at radius 3 is 2.74 bits per heavy atom. The third kappa shape index (κ3) is 4.09. The van der Waals surface area contributed by atoms with Crippen LogP contribution >= 0.6 is 0 Å². The average molecular weight is 270 g/mol. The van der Waals surface area contributed by atoms with E-state index in [1.807, 2.05) is 0 Å². The van der Waals surface area contributed by atoms with Crippen LogP contribution in [0.15, 0.2) is 0 Å². The highest BCUT2D eigenvalue weighted by atomic mass is 16.5. The molecule has 2 amide bonds. The fraction of sp³-hybridized carbons (Fsp3) is 0.846. The molecule has 1 heterocycles. The number of ether oxygens (including phenoxy) is 1. The molecule has 6 nitrogen and oxygen atoms in total. The van der Waals surface area contributed by atoms with E-state index in [4.69, 9.17) is 9.84 Å². The number of hydrogen-bond donors (Lipinski definition) is 3. The van der Waals surface area contributed by atoms with Gasteiger partial charge in [0.05, 0.1) is 12.0 Å². The first-order valence-electron chi connectivity index (χ1n) is 7.05. The summed E-state index contributed by atoms with van der Waals surface area (Å²) < 4.78 is 5.47. The second-order valence-electron chi connectivity index (χ2n) is 5.31. The molecule has 3 N–H and O–H groups in total. The van der Waals surface area contributed by atoms with Crippen molar-refractivity contribution in [2.24, 2.45) is 5.92 Å². The van der Waals surface area contributed by atoms with Gasteiger partial charge in [0.15, 0.2) is 0 Å². The molecule has 2 fully saturated rings. The van der Waals surface area contributed by atoms with Crippen molar-refractivity contribution in [2.45, 2.75) is 50.7 Å². The number of carboxylic acids is 1. The number of amides is 2. The van der Waals surface area contributed by atoms with Gasteiger partial charge in [0, 0.05) is 19.2 Å². The van der Waals surface area contributed by atoms with Gasteiger partial charge in [-0.2, -0.15) is 0 Å². The number of rotatable bonds is 5. The maximum atomic E-state index is 11.7. The van der Waals surface area contributed by atoms with E-state index in [1.165, 1.54) is 0 Å². The molecule has 3 atom stereocenters. The first kappa shape index (κ1) is 14.1. The van der Waals surface area contributed by atoms with E-state index < -0.39 is 11.9 Å². The largest absolute Gasteiger partial charge is 0.481 e. The van der Waals surface area contributed by atoms with Crippen molar-refractivity contribution in [3.8, 4) is 0 Å². The van der Waals surface area contributed by atoms with Crippen molar-refractivity contribution >= 4 is 12.0 Å². The number of carboxylic acid groups (broad SMARTS) is 1. The molecule has 19 heavy (non-hydrogen) atoms. The lowest BCUT2D eigenvalue weighted by Gasteiger charge is -2.18. The second kappa shape index (κ2) is 6.75. The highest BCUT2D eigenvalue weighted by molar-refractivity contribution is 5.76. The summed E-state index contributed by atoms with van der Waals surface area (Å²) in [6, 6.07) is -0.503.